The van der Waals surface area contributed by atoms with Crippen LogP contribution in [0.1, 0.15) is 25.3 Å². The van der Waals surface area contributed by atoms with Crippen LogP contribution >= 0.6 is 0 Å². The second-order valence-electron chi connectivity index (χ2n) is 6.57. The number of hydrogen-bond acceptors (Lipinski definition) is 7. The van der Waals surface area contributed by atoms with Crippen molar-refractivity contribution in [1.29, 1.82) is 0 Å². The van der Waals surface area contributed by atoms with Gasteiger partial charge in [0, 0.05) is 12.5 Å². The first-order valence-electron chi connectivity index (χ1n) is 8.01. The van der Waals surface area contributed by atoms with E-state index in [0.29, 0.717) is 5.56 Å². The van der Waals surface area contributed by atoms with Crippen LogP contribution in [-0.4, -0.2) is 57.8 Å². The number of carbonyl (C=O) groups is 2. The molecule has 1 aromatic rings. The summed E-state index contributed by atoms with van der Waals surface area (Å²) in [6.07, 6.45) is -1.48. The van der Waals surface area contributed by atoms with Crippen molar-refractivity contribution in [3.8, 4) is 11.5 Å². The van der Waals surface area contributed by atoms with E-state index in [1.807, 2.05) is 0 Å². The SMILES string of the molecule is COc1cc(/C=C/C(=O)O[C@@H]2C[C@](C)(C(=O)O)C[C@H](O)[C@H]2O)ccc1O. The molecule has 2 rings (SSSR count). The molecule has 1 aliphatic carbocycles. The van der Waals surface area contributed by atoms with E-state index in [1.165, 1.54) is 32.2 Å². The fraction of sp³-hybridized carbons (Fsp3) is 0.444. The molecule has 8 heteroatoms. The number of phenolic OH excluding ortho intramolecular Hbond substituents is 1. The number of aromatic hydroxyl groups is 1. The van der Waals surface area contributed by atoms with Gasteiger partial charge in [-0.15, -0.1) is 0 Å². The second-order valence-corrected chi connectivity index (χ2v) is 6.57. The fourth-order valence-electron chi connectivity index (χ4n) is 2.91. The average molecular weight is 366 g/mol. The molecule has 8 nitrogen and oxygen atoms in total. The van der Waals surface area contributed by atoms with Crippen molar-refractivity contribution in [1.82, 2.24) is 0 Å². The first-order chi connectivity index (χ1) is 12.2. The first kappa shape index (κ1) is 19.7. The molecule has 0 heterocycles. The molecule has 1 aromatic carbocycles. The highest BCUT2D eigenvalue weighted by Crippen LogP contribution is 2.38. The largest absolute Gasteiger partial charge is 0.504 e. The van der Waals surface area contributed by atoms with E-state index in [2.05, 4.69) is 0 Å². The van der Waals surface area contributed by atoms with E-state index < -0.39 is 35.7 Å². The minimum Gasteiger partial charge on any atom is -0.504 e. The molecule has 26 heavy (non-hydrogen) atoms. The Morgan fingerprint density at radius 2 is 1.96 bits per heavy atom. The van der Waals surface area contributed by atoms with Crippen LogP contribution in [0.25, 0.3) is 6.08 Å². The fourth-order valence-corrected chi connectivity index (χ4v) is 2.91. The molecule has 0 radical (unpaired) electrons. The Morgan fingerprint density at radius 3 is 2.58 bits per heavy atom. The number of carboxylic acid groups (broad SMARTS) is 1. The maximum Gasteiger partial charge on any atom is 0.331 e. The molecule has 0 unspecified atom stereocenters. The van der Waals surface area contributed by atoms with Gasteiger partial charge in [-0.1, -0.05) is 6.07 Å². The Kier molecular flexibility index (Phi) is 5.89. The van der Waals surface area contributed by atoms with Crippen molar-refractivity contribution < 1.29 is 39.5 Å². The van der Waals surface area contributed by atoms with Crippen LogP contribution in [0.3, 0.4) is 0 Å². The highest BCUT2D eigenvalue weighted by atomic mass is 16.6. The molecule has 0 amide bonds. The number of hydrogen-bond donors (Lipinski definition) is 4. The van der Waals surface area contributed by atoms with Crippen LogP contribution in [0.4, 0.5) is 0 Å². The number of benzene rings is 1. The lowest BCUT2D eigenvalue weighted by Gasteiger charge is -2.40. The predicted molar refractivity (Wildman–Crippen MR) is 90.6 cm³/mol. The number of aliphatic carboxylic acids is 1. The van der Waals surface area contributed by atoms with E-state index in [9.17, 15) is 30.0 Å². The lowest BCUT2D eigenvalue weighted by Crippen LogP contribution is -2.52. The smallest absolute Gasteiger partial charge is 0.331 e. The molecule has 1 aliphatic rings. The van der Waals surface area contributed by atoms with Crippen LogP contribution < -0.4 is 4.74 Å². The Labute approximate surface area is 150 Å². The van der Waals surface area contributed by atoms with Crippen LogP contribution in [-0.2, 0) is 14.3 Å². The number of aliphatic hydroxyl groups is 2. The molecule has 0 spiro atoms. The molecule has 0 aromatic heterocycles. The van der Waals surface area contributed by atoms with Crippen molar-refractivity contribution in [3.05, 3.63) is 29.8 Å². The maximum absolute atomic E-state index is 12.0. The molecule has 0 aliphatic heterocycles. The molecule has 4 atom stereocenters. The molecule has 0 bridgehead atoms. The van der Waals surface area contributed by atoms with Crippen LogP contribution in [0.5, 0.6) is 11.5 Å². The topological polar surface area (TPSA) is 134 Å². The van der Waals surface area contributed by atoms with Gasteiger partial charge in [0.1, 0.15) is 12.2 Å². The van der Waals surface area contributed by atoms with Crippen LogP contribution in [0.2, 0.25) is 0 Å². The van der Waals surface area contributed by atoms with Crippen LogP contribution in [0, 0.1) is 5.41 Å². The number of aliphatic hydroxyl groups excluding tert-OH is 2. The molecule has 1 saturated carbocycles. The number of rotatable bonds is 5. The van der Waals surface area contributed by atoms with Gasteiger partial charge in [0.15, 0.2) is 11.5 Å². The lowest BCUT2D eigenvalue weighted by molar-refractivity contribution is -0.180. The number of phenols is 1. The zero-order valence-corrected chi connectivity index (χ0v) is 14.5. The maximum atomic E-state index is 12.0. The predicted octanol–water partition coefficient (Wildman–Crippen LogP) is 0.932. The average Bonchev–Trinajstić information content (AvgIpc) is 2.58. The summed E-state index contributed by atoms with van der Waals surface area (Å²) in [7, 11) is 1.39. The Bertz CT molecular complexity index is 713. The highest BCUT2D eigenvalue weighted by molar-refractivity contribution is 5.87. The van der Waals surface area contributed by atoms with Crippen LogP contribution in [0.15, 0.2) is 24.3 Å². The summed E-state index contributed by atoms with van der Waals surface area (Å²) >= 11 is 0. The third-order valence-electron chi connectivity index (χ3n) is 4.49. The number of esters is 1. The van der Waals surface area contributed by atoms with E-state index in [-0.39, 0.29) is 24.3 Å². The Balaban J connectivity index is 2.07. The van der Waals surface area contributed by atoms with Gasteiger partial charge in [0.2, 0.25) is 0 Å². The minimum absolute atomic E-state index is 0.0421. The quantitative estimate of drug-likeness (QED) is 0.447. The van der Waals surface area contributed by atoms with E-state index in [1.54, 1.807) is 6.07 Å². The Morgan fingerprint density at radius 1 is 1.27 bits per heavy atom. The van der Waals surface area contributed by atoms with Crippen molar-refractivity contribution in [2.45, 2.75) is 38.1 Å². The van der Waals surface area contributed by atoms with Gasteiger partial charge in [-0.3, -0.25) is 4.79 Å². The molecular weight excluding hydrogens is 344 g/mol. The summed E-state index contributed by atoms with van der Waals surface area (Å²) in [5.74, 6) is -1.72. The van der Waals surface area contributed by atoms with Gasteiger partial charge in [-0.25, -0.2) is 4.79 Å². The highest BCUT2D eigenvalue weighted by Gasteiger charge is 2.48. The van der Waals surface area contributed by atoms with Gasteiger partial charge < -0.3 is 29.9 Å². The number of ether oxygens (including phenoxy) is 2. The van der Waals surface area contributed by atoms with Gasteiger partial charge in [0.05, 0.1) is 18.6 Å². The van der Waals surface area contributed by atoms with Gasteiger partial charge in [0.25, 0.3) is 0 Å². The van der Waals surface area contributed by atoms with Gasteiger partial charge in [-0.05, 0) is 37.1 Å². The second kappa shape index (κ2) is 7.76. The van der Waals surface area contributed by atoms with Crippen molar-refractivity contribution >= 4 is 18.0 Å². The monoisotopic (exact) mass is 366 g/mol. The zero-order chi connectivity index (χ0) is 19.5. The minimum atomic E-state index is -1.35. The summed E-state index contributed by atoms with van der Waals surface area (Å²) in [6, 6.07) is 4.48. The molecule has 1 fully saturated rings. The lowest BCUT2D eigenvalue weighted by atomic mass is 9.72. The van der Waals surface area contributed by atoms with E-state index in [0.717, 1.165) is 6.08 Å². The number of carboxylic acids is 1. The van der Waals surface area contributed by atoms with Crippen molar-refractivity contribution in [3.63, 3.8) is 0 Å². The molecule has 0 saturated heterocycles. The molecule has 142 valence electrons. The standard InChI is InChI=1S/C18H22O8/c1-18(17(23)24)8-12(20)16(22)14(9-18)26-15(21)6-4-10-3-5-11(19)13(7-10)25-2/h3-7,12,14,16,19-20,22H,8-9H2,1-2H3,(H,23,24)/b6-4+/t12-,14+,16+,18+/m0/s1. The Hall–Kier alpha value is -2.58. The van der Waals surface area contributed by atoms with Crippen molar-refractivity contribution in [2.24, 2.45) is 5.41 Å². The van der Waals surface area contributed by atoms with Gasteiger partial charge >= 0.3 is 11.9 Å². The number of carbonyl (C=O) groups excluding carboxylic acids is 1. The summed E-state index contributed by atoms with van der Waals surface area (Å²) in [5.41, 5.74) is -0.728. The van der Waals surface area contributed by atoms with E-state index in [4.69, 9.17) is 9.47 Å². The van der Waals surface area contributed by atoms with Crippen molar-refractivity contribution in [2.75, 3.05) is 7.11 Å². The normalized spacial score (nSPS) is 28.7. The third kappa shape index (κ3) is 4.33. The summed E-state index contributed by atoms with van der Waals surface area (Å²) in [5, 5.41) is 38.7. The molecule has 4 N–H and O–H groups in total. The summed E-state index contributed by atoms with van der Waals surface area (Å²) < 4.78 is 10.1. The summed E-state index contributed by atoms with van der Waals surface area (Å²) in [4.78, 5) is 23.4. The molecular formula is C18H22O8. The number of methoxy groups -OCH3 is 1. The zero-order valence-electron chi connectivity index (χ0n) is 14.5. The third-order valence-corrected chi connectivity index (χ3v) is 4.49. The first-order valence-corrected chi connectivity index (χ1v) is 8.01. The van der Waals surface area contributed by atoms with Gasteiger partial charge in [-0.2, -0.15) is 0 Å². The van der Waals surface area contributed by atoms with E-state index >= 15 is 0 Å². The summed E-state index contributed by atoms with van der Waals surface area (Å²) in [6.45, 7) is 1.43.